The van der Waals surface area contributed by atoms with Gasteiger partial charge in [0.2, 0.25) is 0 Å². The molecule has 0 aliphatic carbocycles. The van der Waals surface area contributed by atoms with Gasteiger partial charge in [0.15, 0.2) is 0 Å². The van der Waals surface area contributed by atoms with Crippen LogP contribution in [0, 0.1) is 6.92 Å². The molecule has 0 atom stereocenters. The van der Waals surface area contributed by atoms with Crippen LogP contribution >= 0.6 is 11.5 Å². The van der Waals surface area contributed by atoms with E-state index in [0.29, 0.717) is 16.3 Å². The number of aromatic nitrogens is 1. The standard InChI is InChI=1S/C11H17N3O3S/c1-8-9(11(15)16)10(18-13-8)12-2-3-14-4-6-17-7-5-14/h12H,2-7H2,1H3,(H,15,16). The fraction of sp³-hybridized carbons (Fsp3) is 0.636. The van der Waals surface area contributed by atoms with Crippen molar-refractivity contribution in [2.45, 2.75) is 6.92 Å². The fourth-order valence-corrected chi connectivity index (χ4v) is 2.71. The van der Waals surface area contributed by atoms with E-state index in [-0.39, 0.29) is 0 Å². The van der Waals surface area contributed by atoms with Gasteiger partial charge in [-0.3, -0.25) is 4.90 Å². The number of aryl methyl sites for hydroxylation is 1. The molecule has 0 aromatic carbocycles. The first-order valence-corrected chi connectivity index (χ1v) is 6.69. The average molecular weight is 271 g/mol. The van der Waals surface area contributed by atoms with E-state index in [9.17, 15) is 4.79 Å². The van der Waals surface area contributed by atoms with E-state index in [1.165, 1.54) is 11.5 Å². The number of nitrogens with one attached hydrogen (secondary N) is 1. The molecule has 0 unspecified atom stereocenters. The Morgan fingerprint density at radius 3 is 2.94 bits per heavy atom. The SMILES string of the molecule is Cc1nsc(NCCN2CCOCC2)c1C(=O)O. The Kier molecular flexibility index (Phi) is 4.51. The summed E-state index contributed by atoms with van der Waals surface area (Å²) >= 11 is 1.21. The smallest absolute Gasteiger partial charge is 0.340 e. The van der Waals surface area contributed by atoms with Crippen molar-refractivity contribution in [1.29, 1.82) is 0 Å². The van der Waals surface area contributed by atoms with Gasteiger partial charge in [-0.2, -0.15) is 4.37 Å². The molecule has 18 heavy (non-hydrogen) atoms. The molecule has 1 saturated heterocycles. The Labute approximate surface area is 110 Å². The van der Waals surface area contributed by atoms with Gasteiger partial charge in [0, 0.05) is 26.2 Å². The van der Waals surface area contributed by atoms with Crippen molar-refractivity contribution in [3.63, 3.8) is 0 Å². The van der Waals surface area contributed by atoms with Crippen molar-refractivity contribution >= 4 is 22.5 Å². The highest BCUT2D eigenvalue weighted by molar-refractivity contribution is 7.10. The van der Waals surface area contributed by atoms with Gasteiger partial charge in [-0.1, -0.05) is 0 Å². The number of anilines is 1. The largest absolute Gasteiger partial charge is 0.478 e. The summed E-state index contributed by atoms with van der Waals surface area (Å²) in [5.41, 5.74) is 0.864. The lowest BCUT2D eigenvalue weighted by Crippen LogP contribution is -2.39. The fourth-order valence-electron chi connectivity index (χ4n) is 1.89. The highest BCUT2D eigenvalue weighted by Gasteiger charge is 2.17. The number of ether oxygens (including phenoxy) is 1. The number of aromatic carboxylic acids is 1. The monoisotopic (exact) mass is 271 g/mol. The zero-order chi connectivity index (χ0) is 13.0. The molecule has 0 spiro atoms. The third-order valence-electron chi connectivity index (χ3n) is 2.89. The average Bonchev–Trinajstić information content (AvgIpc) is 2.72. The number of rotatable bonds is 5. The van der Waals surface area contributed by atoms with Gasteiger partial charge in [-0.05, 0) is 18.5 Å². The Bertz CT molecular complexity index is 416. The normalized spacial score (nSPS) is 16.7. The number of carbonyl (C=O) groups is 1. The summed E-state index contributed by atoms with van der Waals surface area (Å²) in [6, 6.07) is 0. The van der Waals surface area contributed by atoms with Gasteiger partial charge in [0.25, 0.3) is 0 Å². The summed E-state index contributed by atoms with van der Waals surface area (Å²) in [4.78, 5) is 13.4. The number of carboxylic acids is 1. The van der Waals surface area contributed by atoms with Crippen molar-refractivity contribution < 1.29 is 14.6 Å². The number of carboxylic acid groups (broad SMARTS) is 1. The molecule has 1 aliphatic rings. The second-order valence-electron chi connectivity index (χ2n) is 4.16. The van der Waals surface area contributed by atoms with Crippen molar-refractivity contribution in [3.05, 3.63) is 11.3 Å². The molecule has 0 bridgehead atoms. The highest BCUT2D eigenvalue weighted by Crippen LogP contribution is 2.23. The van der Waals surface area contributed by atoms with E-state index >= 15 is 0 Å². The van der Waals surface area contributed by atoms with Crippen LogP contribution < -0.4 is 5.32 Å². The molecule has 1 aromatic rings. The topological polar surface area (TPSA) is 74.7 Å². The summed E-state index contributed by atoms with van der Waals surface area (Å²) in [6.45, 7) is 6.76. The summed E-state index contributed by atoms with van der Waals surface area (Å²) in [7, 11) is 0. The zero-order valence-corrected chi connectivity index (χ0v) is 11.1. The van der Waals surface area contributed by atoms with Crippen LogP contribution in [0.1, 0.15) is 16.1 Å². The lowest BCUT2D eigenvalue weighted by molar-refractivity contribution is 0.0398. The van der Waals surface area contributed by atoms with E-state index in [1.54, 1.807) is 6.92 Å². The minimum Gasteiger partial charge on any atom is -0.478 e. The molecule has 100 valence electrons. The summed E-state index contributed by atoms with van der Waals surface area (Å²) in [6.07, 6.45) is 0. The van der Waals surface area contributed by atoms with Crippen LogP contribution in [0.25, 0.3) is 0 Å². The van der Waals surface area contributed by atoms with Crippen LogP contribution in [0.3, 0.4) is 0 Å². The molecule has 2 heterocycles. The van der Waals surface area contributed by atoms with E-state index in [2.05, 4.69) is 14.6 Å². The van der Waals surface area contributed by atoms with Crippen LogP contribution in [-0.4, -0.2) is 59.7 Å². The predicted molar refractivity (Wildman–Crippen MR) is 69.6 cm³/mol. The van der Waals surface area contributed by atoms with Crippen molar-refractivity contribution in [2.24, 2.45) is 0 Å². The van der Waals surface area contributed by atoms with Crippen LogP contribution in [0.5, 0.6) is 0 Å². The van der Waals surface area contributed by atoms with Gasteiger partial charge >= 0.3 is 5.97 Å². The van der Waals surface area contributed by atoms with Gasteiger partial charge < -0.3 is 15.2 Å². The number of hydrogen-bond acceptors (Lipinski definition) is 6. The van der Waals surface area contributed by atoms with Crippen molar-refractivity contribution in [2.75, 3.05) is 44.7 Å². The maximum atomic E-state index is 11.1. The van der Waals surface area contributed by atoms with Gasteiger partial charge in [-0.15, -0.1) is 0 Å². The Morgan fingerprint density at radius 1 is 1.56 bits per heavy atom. The minimum absolute atomic E-state index is 0.293. The van der Waals surface area contributed by atoms with E-state index < -0.39 is 5.97 Å². The van der Waals surface area contributed by atoms with Gasteiger partial charge in [0.1, 0.15) is 10.6 Å². The van der Waals surface area contributed by atoms with Crippen LogP contribution in [0.4, 0.5) is 5.00 Å². The first-order valence-electron chi connectivity index (χ1n) is 5.92. The molecule has 1 aromatic heterocycles. The molecular weight excluding hydrogens is 254 g/mol. The Balaban J connectivity index is 1.84. The van der Waals surface area contributed by atoms with Crippen molar-refractivity contribution in [1.82, 2.24) is 9.27 Å². The summed E-state index contributed by atoms with van der Waals surface area (Å²) in [5.74, 6) is -0.921. The molecule has 6 nitrogen and oxygen atoms in total. The number of hydrogen-bond donors (Lipinski definition) is 2. The predicted octanol–water partition coefficient (Wildman–Crippen LogP) is 0.894. The molecular formula is C11H17N3O3S. The molecule has 0 radical (unpaired) electrons. The maximum absolute atomic E-state index is 11.1. The molecule has 2 N–H and O–H groups in total. The molecule has 2 rings (SSSR count). The quantitative estimate of drug-likeness (QED) is 0.828. The molecule has 0 amide bonds. The summed E-state index contributed by atoms with van der Waals surface area (Å²) < 4.78 is 9.34. The lowest BCUT2D eigenvalue weighted by atomic mass is 10.2. The molecule has 1 aliphatic heterocycles. The lowest BCUT2D eigenvalue weighted by Gasteiger charge is -2.26. The maximum Gasteiger partial charge on any atom is 0.340 e. The second-order valence-corrected chi connectivity index (χ2v) is 4.93. The van der Waals surface area contributed by atoms with E-state index in [1.807, 2.05) is 0 Å². The first-order chi connectivity index (χ1) is 8.68. The van der Waals surface area contributed by atoms with Gasteiger partial charge in [0.05, 0.1) is 18.9 Å². The summed E-state index contributed by atoms with van der Waals surface area (Å²) in [5, 5.41) is 12.9. The van der Waals surface area contributed by atoms with Crippen molar-refractivity contribution in [3.8, 4) is 0 Å². The van der Waals surface area contributed by atoms with Crippen LogP contribution in [0.15, 0.2) is 0 Å². The minimum atomic E-state index is -0.921. The van der Waals surface area contributed by atoms with E-state index in [0.717, 1.165) is 39.4 Å². The molecule has 0 saturated carbocycles. The second kappa shape index (κ2) is 6.12. The first kappa shape index (κ1) is 13.3. The number of morpholine rings is 1. The number of nitrogens with zero attached hydrogens (tertiary/aromatic N) is 2. The van der Waals surface area contributed by atoms with Gasteiger partial charge in [-0.25, -0.2) is 4.79 Å². The highest BCUT2D eigenvalue weighted by atomic mass is 32.1. The van der Waals surface area contributed by atoms with Crippen LogP contribution in [-0.2, 0) is 4.74 Å². The third-order valence-corrected chi connectivity index (χ3v) is 3.79. The Morgan fingerprint density at radius 2 is 2.28 bits per heavy atom. The molecule has 7 heteroatoms. The Hall–Kier alpha value is -1.18. The third kappa shape index (κ3) is 3.18. The van der Waals surface area contributed by atoms with E-state index in [4.69, 9.17) is 9.84 Å². The van der Waals surface area contributed by atoms with Crippen LogP contribution in [0.2, 0.25) is 0 Å². The molecule has 1 fully saturated rings. The zero-order valence-electron chi connectivity index (χ0n) is 10.3.